The summed E-state index contributed by atoms with van der Waals surface area (Å²) in [4.78, 5) is 10.2. The fourth-order valence-corrected chi connectivity index (χ4v) is 3.08. The highest BCUT2D eigenvalue weighted by molar-refractivity contribution is 7.26. The van der Waals surface area contributed by atoms with Crippen LogP contribution in [-0.2, 0) is 15.8 Å². The van der Waals surface area contributed by atoms with Crippen molar-refractivity contribution in [2.45, 2.75) is 12.7 Å². The molecular weight excluding hydrogens is 332 g/mol. The van der Waals surface area contributed by atoms with Crippen LogP contribution in [0.1, 0.15) is 17.2 Å². The van der Waals surface area contributed by atoms with Crippen LogP contribution < -0.4 is 9.99 Å². The van der Waals surface area contributed by atoms with Crippen molar-refractivity contribution in [1.29, 1.82) is 0 Å². The van der Waals surface area contributed by atoms with Crippen LogP contribution in [0.15, 0.2) is 48.5 Å². The van der Waals surface area contributed by atoms with E-state index in [1.807, 2.05) is 30.3 Å². The van der Waals surface area contributed by atoms with Crippen molar-refractivity contribution in [1.82, 2.24) is 0 Å². The zero-order valence-corrected chi connectivity index (χ0v) is 13.6. The molecule has 2 aromatic carbocycles. The van der Waals surface area contributed by atoms with E-state index in [0.29, 0.717) is 23.4 Å². The molecule has 3 rings (SSSR count). The van der Waals surface area contributed by atoms with Crippen molar-refractivity contribution in [2.75, 3.05) is 6.54 Å². The van der Waals surface area contributed by atoms with Crippen LogP contribution in [0, 0.1) is 10.1 Å². The van der Waals surface area contributed by atoms with Gasteiger partial charge in [0.05, 0.1) is 6.61 Å². The number of nitrogens with zero attached hydrogens (tertiary/aromatic N) is 1. The summed E-state index contributed by atoms with van der Waals surface area (Å²) in [5.41, 5.74) is 2.03. The lowest BCUT2D eigenvalue weighted by atomic mass is 9.78. The Kier molecular flexibility index (Phi) is 5.43. The molecule has 0 amide bonds. The van der Waals surface area contributed by atoms with Gasteiger partial charge in [-0.1, -0.05) is 42.5 Å². The van der Waals surface area contributed by atoms with Crippen molar-refractivity contribution in [2.24, 2.45) is 0 Å². The lowest BCUT2D eigenvalue weighted by molar-refractivity contribution is -0.490. The number of fused-ring (bicyclic) bond motifs is 1. The van der Waals surface area contributed by atoms with E-state index in [9.17, 15) is 15.1 Å². The third-order valence-corrected chi connectivity index (χ3v) is 4.16. The normalized spacial score (nSPS) is 16.5. The van der Waals surface area contributed by atoms with E-state index in [2.05, 4.69) is 0 Å². The summed E-state index contributed by atoms with van der Waals surface area (Å²) in [7, 11) is -1.50. The second-order valence-electron chi connectivity index (χ2n) is 5.21. The van der Waals surface area contributed by atoms with Crippen molar-refractivity contribution in [3.05, 3.63) is 69.8 Å². The highest BCUT2D eigenvalue weighted by Crippen LogP contribution is 2.30. The first-order valence-electron chi connectivity index (χ1n) is 7.31. The van der Waals surface area contributed by atoms with Crippen molar-refractivity contribution < 1.29 is 23.6 Å². The molecule has 0 aromatic heterocycles. The van der Waals surface area contributed by atoms with E-state index in [0.717, 1.165) is 5.56 Å². The molecule has 0 saturated carbocycles. The maximum absolute atomic E-state index is 10.7. The van der Waals surface area contributed by atoms with Gasteiger partial charge in [-0.3, -0.25) is 10.1 Å². The summed E-state index contributed by atoms with van der Waals surface area (Å²) >= 11 is 0. The van der Waals surface area contributed by atoms with Gasteiger partial charge in [0, 0.05) is 10.4 Å². The third kappa shape index (κ3) is 3.91. The summed E-state index contributed by atoms with van der Waals surface area (Å²) in [5, 5.41) is 20.7. The molecule has 0 spiro atoms. The zero-order chi connectivity index (χ0) is 16.9. The minimum atomic E-state index is -1.24. The van der Waals surface area contributed by atoms with Gasteiger partial charge in [0.15, 0.2) is 0 Å². The molecule has 24 heavy (non-hydrogen) atoms. The molecule has 1 aliphatic heterocycles. The Labute approximate surface area is 140 Å². The van der Waals surface area contributed by atoms with Gasteiger partial charge in [0.25, 0.3) is 0 Å². The van der Waals surface area contributed by atoms with Crippen LogP contribution in [0.4, 0.5) is 0 Å². The molecule has 0 fully saturated rings. The second-order valence-corrected chi connectivity index (χ2v) is 5.87. The van der Waals surface area contributed by atoms with Crippen LogP contribution in [0.3, 0.4) is 0 Å². The SMILES string of the molecule is O=[N+]([O-])CC1OB(O)c2c(OPOCc3ccccc3)cccc21. The van der Waals surface area contributed by atoms with E-state index >= 15 is 0 Å². The van der Waals surface area contributed by atoms with Crippen molar-refractivity contribution in [3.63, 3.8) is 0 Å². The largest absolute Gasteiger partial charge is 0.496 e. The van der Waals surface area contributed by atoms with Crippen molar-refractivity contribution >= 4 is 21.6 Å². The first kappa shape index (κ1) is 16.9. The Morgan fingerprint density at radius 3 is 2.79 bits per heavy atom. The van der Waals surface area contributed by atoms with Crippen LogP contribution in [0.5, 0.6) is 5.75 Å². The molecule has 7 nitrogen and oxygen atoms in total. The quantitative estimate of drug-likeness (QED) is 0.270. The molecule has 0 bridgehead atoms. The van der Waals surface area contributed by atoms with Gasteiger partial charge in [-0.15, -0.1) is 0 Å². The molecule has 0 aliphatic carbocycles. The molecule has 0 saturated heterocycles. The molecule has 0 radical (unpaired) electrons. The highest BCUT2D eigenvalue weighted by Gasteiger charge is 2.40. The Hall–Kier alpha value is -1.99. The molecule has 9 heteroatoms. The van der Waals surface area contributed by atoms with Gasteiger partial charge < -0.3 is 18.7 Å². The molecule has 2 atom stereocenters. The van der Waals surface area contributed by atoms with Gasteiger partial charge in [0.1, 0.15) is 11.9 Å². The average molecular weight is 347 g/mol. The smallest absolute Gasteiger partial charge is 0.450 e. The fraction of sp³-hybridized carbons (Fsp3) is 0.200. The molecular formula is C15H15BNO6P. The summed E-state index contributed by atoms with van der Waals surface area (Å²) in [5.74, 6) is 0.414. The van der Waals surface area contributed by atoms with Gasteiger partial charge in [0.2, 0.25) is 15.6 Å². The fourth-order valence-electron chi connectivity index (χ4n) is 2.53. The predicted octanol–water partition coefficient (Wildman–Crippen LogP) is 1.83. The standard InChI is InChI=1S/C15H15BNO6P/c18-16-15-12(14(22-16)9-17(19)20)7-4-8-13(15)23-24-21-10-11-5-2-1-3-6-11/h1-8,14,18,24H,9-10H2. The Morgan fingerprint density at radius 2 is 2.04 bits per heavy atom. The summed E-state index contributed by atoms with van der Waals surface area (Å²) < 4.78 is 16.3. The summed E-state index contributed by atoms with van der Waals surface area (Å²) in [6.07, 6.45) is -0.776. The van der Waals surface area contributed by atoms with Gasteiger partial charge >= 0.3 is 7.12 Å². The zero-order valence-electron chi connectivity index (χ0n) is 12.6. The van der Waals surface area contributed by atoms with E-state index in [-0.39, 0.29) is 9.03 Å². The number of nitro groups is 1. The topological polar surface area (TPSA) is 91.1 Å². The lowest BCUT2D eigenvalue weighted by Crippen LogP contribution is -2.29. The maximum atomic E-state index is 10.7. The lowest BCUT2D eigenvalue weighted by Gasteiger charge is -2.10. The Morgan fingerprint density at radius 1 is 1.25 bits per heavy atom. The number of hydrogen-bond donors (Lipinski definition) is 1. The minimum absolute atomic E-state index is 0.264. The van der Waals surface area contributed by atoms with Crippen LogP contribution in [-0.4, -0.2) is 23.6 Å². The maximum Gasteiger partial charge on any atom is 0.496 e. The van der Waals surface area contributed by atoms with Gasteiger partial charge in [-0.2, -0.15) is 0 Å². The van der Waals surface area contributed by atoms with E-state index in [4.69, 9.17) is 13.7 Å². The Balaban J connectivity index is 1.63. The first-order valence-corrected chi connectivity index (χ1v) is 8.12. The van der Waals surface area contributed by atoms with E-state index < -0.39 is 24.7 Å². The Bertz CT molecular complexity index is 716. The van der Waals surface area contributed by atoms with E-state index in [1.165, 1.54) is 0 Å². The molecule has 1 heterocycles. The molecule has 1 aliphatic rings. The van der Waals surface area contributed by atoms with Crippen LogP contribution in [0.25, 0.3) is 0 Å². The highest BCUT2D eigenvalue weighted by atomic mass is 31.1. The van der Waals surface area contributed by atoms with Gasteiger partial charge in [-0.05, 0) is 17.2 Å². The minimum Gasteiger partial charge on any atom is -0.450 e. The van der Waals surface area contributed by atoms with Crippen LogP contribution >= 0.6 is 9.03 Å². The third-order valence-electron chi connectivity index (χ3n) is 3.59. The van der Waals surface area contributed by atoms with E-state index in [1.54, 1.807) is 18.2 Å². The molecule has 2 unspecified atom stereocenters. The predicted molar refractivity (Wildman–Crippen MR) is 89.9 cm³/mol. The molecule has 2 aromatic rings. The monoisotopic (exact) mass is 347 g/mol. The summed E-state index contributed by atoms with van der Waals surface area (Å²) in [6.45, 7) is 0.0115. The van der Waals surface area contributed by atoms with Crippen molar-refractivity contribution in [3.8, 4) is 5.75 Å². The summed E-state index contributed by atoms with van der Waals surface area (Å²) in [6, 6.07) is 14.8. The molecule has 1 N–H and O–H groups in total. The average Bonchev–Trinajstić information content (AvgIpc) is 2.89. The van der Waals surface area contributed by atoms with Gasteiger partial charge in [-0.25, -0.2) is 0 Å². The first-order chi connectivity index (χ1) is 11.6. The number of hydrogen-bond acceptors (Lipinski definition) is 6. The molecule has 124 valence electrons. The number of benzene rings is 2. The number of rotatable bonds is 7. The van der Waals surface area contributed by atoms with Crippen LogP contribution in [0.2, 0.25) is 0 Å². The second kappa shape index (κ2) is 7.72.